The molecule has 0 unspecified atom stereocenters. The summed E-state index contributed by atoms with van der Waals surface area (Å²) in [5.41, 5.74) is 6.09. The molecule has 0 saturated heterocycles. The monoisotopic (exact) mass is 295 g/mol. The molecule has 0 spiro atoms. The maximum absolute atomic E-state index is 13.4. The topological polar surface area (TPSA) is 69.6 Å². The maximum atomic E-state index is 13.4. The van der Waals surface area contributed by atoms with Crippen LogP contribution in [0.5, 0.6) is 0 Å². The maximum Gasteiger partial charge on any atom is 0.184 e. The van der Waals surface area contributed by atoms with Crippen LogP contribution < -0.4 is 5.73 Å². The minimum Gasteiger partial charge on any atom is -0.398 e. The summed E-state index contributed by atoms with van der Waals surface area (Å²) in [4.78, 5) is 0. The van der Waals surface area contributed by atoms with Crippen molar-refractivity contribution in [2.24, 2.45) is 11.3 Å². The first-order valence-electron chi connectivity index (χ1n) is 6.73. The van der Waals surface area contributed by atoms with Gasteiger partial charge >= 0.3 is 0 Å². The third-order valence-corrected chi connectivity index (χ3v) is 3.99. The molecule has 0 atom stereocenters. The largest absolute Gasteiger partial charge is 0.398 e. The fraction of sp³-hybridized carbons (Fsp3) is 0.500. The average molecular weight is 295 g/mol. The number of nitrogen functional groups attached to an aromatic ring is 1. The lowest BCUT2D eigenvalue weighted by Crippen LogP contribution is -2.26. The fourth-order valence-electron chi connectivity index (χ4n) is 1.83. The first kappa shape index (κ1) is 15.3. The molecule has 1 heterocycles. The van der Waals surface area contributed by atoms with Crippen LogP contribution in [-0.4, -0.2) is 20.2 Å². The Kier molecular flexibility index (Phi) is 3.93. The van der Waals surface area contributed by atoms with Gasteiger partial charge in [-0.05, 0) is 27.8 Å². The van der Waals surface area contributed by atoms with Crippen molar-refractivity contribution in [3.05, 3.63) is 23.8 Å². The van der Waals surface area contributed by atoms with E-state index in [2.05, 4.69) is 43.2 Å². The number of aromatic nitrogens is 4. The van der Waals surface area contributed by atoms with Crippen molar-refractivity contribution in [3.63, 3.8) is 0 Å². The zero-order valence-electron chi connectivity index (χ0n) is 12.6. The molecule has 0 fully saturated rings. The van der Waals surface area contributed by atoms with Crippen LogP contribution in [0.3, 0.4) is 0 Å². The SMILES string of the molecule is CC(C)C(C)(C)Cn1nnnc1-c1cc(F)c(F)cc1N. The number of tetrazole rings is 1. The van der Waals surface area contributed by atoms with Gasteiger partial charge in [0.15, 0.2) is 17.5 Å². The van der Waals surface area contributed by atoms with E-state index < -0.39 is 11.6 Å². The van der Waals surface area contributed by atoms with E-state index >= 15 is 0 Å². The van der Waals surface area contributed by atoms with Crippen LogP contribution >= 0.6 is 0 Å². The molecular weight excluding hydrogens is 276 g/mol. The van der Waals surface area contributed by atoms with Gasteiger partial charge in [0.1, 0.15) is 0 Å². The molecule has 0 aliphatic heterocycles. The van der Waals surface area contributed by atoms with Gasteiger partial charge in [-0.3, -0.25) is 0 Å². The molecule has 0 bridgehead atoms. The molecule has 2 rings (SSSR count). The van der Waals surface area contributed by atoms with Gasteiger partial charge in [0.05, 0.1) is 6.54 Å². The van der Waals surface area contributed by atoms with Crippen LogP contribution in [0.4, 0.5) is 14.5 Å². The summed E-state index contributed by atoms with van der Waals surface area (Å²) in [7, 11) is 0. The summed E-state index contributed by atoms with van der Waals surface area (Å²) in [6.07, 6.45) is 0. The third-order valence-electron chi connectivity index (χ3n) is 3.99. The molecule has 0 aliphatic carbocycles. The van der Waals surface area contributed by atoms with Crippen LogP contribution in [0.1, 0.15) is 27.7 Å². The summed E-state index contributed by atoms with van der Waals surface area (Å²) in [6, 6.07) is 1.96. The Balaban J connectivity index is 2.44. The third kappa shape index (κ3) is 3.01. The molecule has 7 heteroatoms. The first-order chi connectivity index (χ1) is 9.72. The Morgan fingerprint density at radius 3 is 2.48 bits per heavy atom. The smallest absolute Gasteiger partial charge is 0.184 e. The second-order valence-electron chi connectivity index (χ2n) is 6.16. The van der Waals surface area contributed by atoms with E-state index in [-0.39, 0.29) is 11.1 Å². The van der Waals surface area contributed by atoms with Crippen LogP contribution in [-0.2, 0) is 6.54 Å². The fourth-order valence-corrected chi connectivity index (χ4v) is 1.83. The zero-order valence-corrected chi connectivity index (χ0v) is 12.6. The number of anilines is 1. The minimum absolute atomic E-state index is 0.0581. The lowest BCUT2D eigenvalue weighted by molar-refractivity contribution is 0.200. The molecule has 1 aromatic carbocycles. The molecule has 2 aromatic rings. The van der Waals surface area contributed by atoms with Crippen molar-refractivity contribution in [1.82, 2.24) is 20.2 Å². The second kappa shape index (κ2) is 5.38. The summed E-state index contributed by atoms with van der Waals surface area (Å²) in [5, 5.41) is 11.5. The molecule has 0 aliphatic rings. The Labute approximate surface area is 122 Å². The van der Waals surface area contributed by atoms with Crippen LogP contribution in [0.2, 0.25) is 0 Å². The molecule has 5 nitrogen and oxygen atoms in total. The van der Waals surface area contributed by atoms with E-state index in [0.29, 0.717) is 23.9 Å². The zero-order chi connectivity index (χ0) is 15.8. The van der Waals surface area contributed by atoms with E-state index in [9.17, 15) is 8.78 Å². The second-order valence-corrected chi connectivity index (χ2v) is 6.16. The number of hydrogen-bond acceptors (Lipinski definition) is 4. The molecule has 21 heavy (non-hydrogen) atoms. The number of hydrogen-bond donors (Lipinski definition) is 1. The van der Waals surface area contributed by atoms with E-state index in [1.807, 2.05) is 0 Å². The molecule has 1 aromatic heterocycles. The van der Waals surface area contributed by atoms with E-state index in [4.69, 9.17) is 5.73 Å². The highest BCUT2D eigenvalue weighted by Crippen LogP contribution is 2.31. The molecular formula is C14H19F2N5. The number of nitrogens with zero attached hydrogens (tertiary/aromatic N) is 4. The van der Waals surface area contributed by atoms with Gasteiger partial charge in [-0.25, -0.2) is 13.5 Å². The van der Waals surface area contributed by atoms with E-state index in [0.717, 1.165) is 12.1 Å². The normalized spacial score (nSPS) is 12.1. The Hall–Kier alpha value is -2.05. The van der Waals surface area contributed by atoms with Gasteiger partial charge < -0.3 is 5.73 Å². The molecule has 114 valence electrons. The number of rotatable bonds is 4. The summed E-state index contributed by atoms with van der Waals surface area (Å²) in [5.74, 6) is -1.23. The van der Waals surface area contributed by atoms with E-state index in [1.165, 1.54) is 0 Å². The highest BCUT2D eigenvalue weighted by atomic mass is 19.2. The lowest BCUT2D eigenvalue weighted by atomic mass is 9.81. The molecule has 0 saturated carbocycles. The minimum atomic E-state index is -0.988. The molecule has 2 N–H and O–H groups in total. The summed E-state index contributed by atoms with van der Waals surface area (Å²) < 4.78 is 28.2. The highest BCUT2D eigenvalue weighted by Gasteiger charge is 2.26. The Morgan fingerprint density at radius 2 is 1.86 bits per heavy atom. The quantitative estimate of drug-likeness (QED) is 0.881. The summed E-state index contributed by atoms with van der Waals surface area (Å²) >= 11 is 0. The lowest BCUT2D eigenvalue weighted by Gasteiger charge is -2.29. The van der Waals surface area contributed by atoms with Crippen LogP contribution in [0.25, 0.3) is 11.4 Å². The standard InChI is InChI=1S/C14H19F2N5/c1-8(2)14(3,4)7-21-13(18-19-20-21)9-5-10(15)11(16)6-12(9)17/h5-6,8H,7,17H2,1-4H3. The molecule has 0 radical (unpaired) electrons. The van der Waals surface area contributed by atoms with Gasteiger partial charge in [0.25, 0.3) is 0 Å². The van der Waals surface area contributed by atoms with Gasteiger partial charge in [-0.2, -0.15) is 0 Å². The van der Waals surface area contributed by atoms with Crippen LogP contribution in [0.15, 0.2) is 12.1 Å². The average Bonchev–Trinajstić information content (AvgIpc) is 2.81. The summed E-state index contributed by atoms with van der Waals surface area (Å²) in [6.45, 7) is 8.95. The van der Waals surface area contributed by atoms with Gasteiger partial charge in [0, 0.05) is 17.3 Å². The van der Waals surface area contributed by atoms with Crippen molar-refractivity contribution in [3.8, 4) is 11.4 Å². The number of halogens is 2. The van der Waals surface area contributed by atoms with Crippen molar-refractivity contribution in [2.45, 2.75) is 34.2 Å². The van der Waals surface area contributed by atoms with E-state index in [1.54, 1.807) is 4.68 Å². The van der Waals surface area contributed by atoms with Gasteiger partial charge in [-0.1, -0.05) is 27.7 Å². The highest BCUT2D eigenvalue weighted by molar-refractivity contribution is 5.71. The van der Waals surface area contributed by atoms with Gasteiger partial charge in [-0.15, -0.1) is 5.10 Å². The van der Waals surface area contributed by atoms with Gasteiger partial charge in [0.2, 0.25) is 0 Å². The van der Waals surface area contributed by atoms with Crippen molar-refractivity contribution < 1.29 is 8.78 Å². The Morgan fingerprint density at radius 1 is 1.24 bits per heavy atom. The number of benzene rings is 1. The number of nitrogens with two attached hydrogens (primary N) is 1. The predicted molar refractivity (Wildman–Crippen MR) is 76.2 cm³/mol. The van der Waals surface area contributed by atoms with Crippen molar-refractivity contribution in [2.75, 3.05) is 5.73 Å². The van der Waals surface area contributed by atoms with Crippen LogP contribution in [0, 0.1) is 23.0 Å². The van der Waals surface area contributed by atoms with Crippen molar-refractivity contribution in [1.29, 1.82) is 0 Å². The Bertz CT molecular complexity index is 649. The molecule has 0 amide bonds. The first-order valence-corrected chi connectivity index (χ1v) is 6.73. The van der Waals surface area contributed by atoms with Crippen molar-refractivity contribution >= 4 is 5.69 Å². The predicted octanol–water partition coefficient (Wildman–Crippen LogP) is 2.88.